The van der Waals surface area contributed by atoms with Crippen LogP contribution in [0.2, 0.25) is 0 Å². The Labute approximate surface area is 363 Å². The smallest absolute Gasteiger partial charge is 0.295 e. The number of H-pyrrole nitrogens is 2. The lowest BCUT2D eigenvalue weighted by Gasteiger charge is -2.34. The molecule has 0 bridgehead atoms. The largest absolute Gasteiger partial charge is 0.357 e. The molecule has 2 aromatic carbocycles. The minimum atomic E-state index is -0.642. The highest BCUT2D eigenvalue weighted by atomic mass is 16.2. The summed E-state index contributed by atoms with van der Waals surface area (Å²) in [5.74, 6) is -2.65. The molecule has 2 N–H and O–H groups in total. The maximum absolute atomic E-state index is 13.0. The molecule has 20 heteroatoms. The average molecular weight is 859 g/mol. The van der Waals surface area contributed by atoms with Gasteiger partial charge in [0.15, 0.2) is 0 Å². The number of pyridine rings is 2. The Balaban J connectivity index is 0.000000162. The van der Waals surface area contributed by atoms with E-state index in [0.29, 0.717) is 96.9 Å². The second-order valence-electron chi connectivity index (χ2n) is 14.7. The molecule has 10 rings (SSSR count). The van der Waals surface area contributed by atoms with Crippen molar-refractivity contribution >= 4 is 57.3 Å². The van der Waals surface area contributed by atoms with Crippen LogP contribution in [0.1, 0.15) is 41.4 Å². The first kappa shape index (κ1) is 40.7. The highest BCUT2D eigenvalue weighted by molar-refractivity contribution is 6.45. The standard InChI is InChI=1S/2C22H19N7O3/c30-20(16-14-24-19-17(6-7-23-18(16)19)29-9-8-25-26-29)22(32)28-12-10-27(11-13-28)21(31)15-4-2-1-3-5-15;30-20(16-14-24-19-17(6-7-23-18(16)19)29-25-8-9-26-29)22(32)28-12-10-27(11-13-28)21(31)15-4-2-1-3-5-15/h2*1-9,14,24H,10-13H2. The van der Waals surface area contributed by atoms with E-state index in [4.69, 9.17) is 0 Å². The third kappa shape index (κ3) is 7.97. The number of carbonyl (C=O) groups is 6. The second kappa shape index (κ2) is 17.7. The predicted octanol–water partition coefficient (Wildman–Crippen LogP) is 2.62. The average Bonchev–Trinajstić information content (AvgIpc) is 4.22. The summed E-state index contributed by atoms with van der Waals surface area (Å²) in [5, 5.41) is 16.0. The van der Waals surface area contributed by atoms with Gasteiger partial charge in [-0.05, 0) is 36.4 Å². The normalized spacial score (nSPS) is 14.0. The molecule has 2 aliphatic rings. The fourth-order valence-electron chi connectivity index (χ4n) is 7.67. The predicted molar refractivity (Wildman–Crippen MR) is 229 cm³/mol. The maximum atomic E-state index is 13.0. The first-order valence-corrected chi connectivity index (χ1v) is 20.3. The lowest BCUT2D eigenvalue weighted by molar-refractivity contribution is -0.128. The van der Waals surface area contributed by atoms with Crippen LogP contribution in [0.4, 0.5) is 0 Å². The monoisotopic (exact) mass is 858 g/mol. The summed E-state index contributed by atoms with van der Waals surface area (Å²) < 4.78 is 1.56. The van der Waals surface area contributed by atoms with Gasteiger partial charge in [0.1, 0.15) is 16.7 Å². The van der Waals surface area contributed by atoms with Crippen molar-refractivity contribution < 1.29 is 28.8 Å². The number of Topliss-reactive ketones (excluding diaryl/α,β-unsaturated/α-hetero) is 2. The van der Waals surface area contributed by atoms with Crippen LogP contribution in [0, 0.1) is 0 Å². The van der Waals surface area contributed by atoms with E-state index in [0.717, 1.165) is 0 Å². The van der Waals surface area contributed by atoms with Crippen molar-refractivity contribution in [3.05, 3.63) is 145 Å². The van der Waals surface area contributed by atoms with Gasteiger partial charge in [0.25, 0.3) is 35.2 Å². The minimum absolute atomic E-state index is 0.0782. The Morgan fingerprint density at radius 3 is 1.38 bits per heavy atom. The molecule has 8 heterocycles. The molecule has 0 aliphatic carbocycles. The zero-order valence-electron chi connectivity index (χ0n) is 34.0. The van der Waals surface area contributed by atoms with Gasteiger partial charge < -0.3 is 29.6 Å². The lowest BCUT2D eigenvalue weighted by atomic mass is 10.1. The first-order chi connectivity index (χ1) is 31.3. The Morgan fingerprint density at radius 1 is 0.484 bits per heavy atom. The number of piperazine rings is 2. The maximum Gasteiger partial charge on any atom is 0.295 e. The van der Waals surface area contributed by atoms with E-state index in [1.54, 1.807) is 88.1 Å². The fourth-order valence-corrected chi connectivity index (χ4v) is 7.67. The molecule has 6 aromatic heterocycles. The molecular formula is C44H38N14O6. The van der Waals surface area contributed by atoms with Gasteiger partial charge in [-0.15, -0.1) is 9.90 Å². The van der Waals surface area contributed by atoms with Gasteiger partial charge in [-0.3, -0.25) is 38.7 Å². The van der Waals surface area contributed by atoms with Gasteiger partial charge in [-0.25, -0.2) is 4.68 Å². The number of aromatic amines is 2. The molecule has 8 aromatic rings. The SMILES string of the molecule is O=C(C(=O)N1CCN(C(=O)c2ccccc2)CC1)c1c[nH]c2c(-n3ccnn3)ccnc12.O=C(C(=O)N1CCN(C(=O)c2ccccc2)CC1)c1c[nH]c2c(-n3nccn3)ccnc12. The molecule has 20 nitrogen and oxygen atoms in total. The van der Waals surface area contributed by atoms with E-state index in [1.807, 2.05) is 36.4 Å². The van der Waals surface area contributed by atoms with Crippen LogP contribution in [0.25, 0.3) is 33.4 Å². The molecule has 0 atom stereocenters. The van der Waals surface area contributed by atoms with Crippen molar-refractivity contribution in [1.82, 2.24) is 69.5 Å². The molecular weight excluding hydrogens is 821 g/mol. The Hall–Kier alpha value is -8.68. The van der Waals surface area contributed by atoms with Gasteiger partial charge in [0.05, 0.1) is 52.6 Å². The van der Waals surface area contributed by atoms with E-state index >= 15 is 0 Å². The number of nitrogens with zero attached hydrogens (tertiary/aromatic N) is 12. The molecule has 0 saturated carbocycles. The van der Waals surface area contributed by atoms with Crippen molar-refractivity contribution in [3.8, 4) is 11.4 Å². The van der Waals surface area contributed by atoms with Crippen molar-refractivity contribution in [2.24, 2.45) is 0 Å². The number of amides is 4. The van der Waals surface area contributed by atoms with Crippen molar-refractivity contribution in [2.75, 3.05) is 52.4 Å². The van der Waals surface area contributed by atoms with Crippen LogP contribution in [-0.2, 0) is 9.59 Å². The zero-order valence-corrected chi connectivity index (χ0v) is 34.0. The molecule has 4 amide bonds. The Kier molecular flexibility index (Phi) is 11.3. The number of hydrogen-bond acceptors (Lipinski definition) is 12. The van der Waals surface area contributed by atoms with Crippen LogP contribution >= 0.6 is 0 Å². The summed E-state index contributed by atoms with van der Waals surface area (Å²) in [6, 6.07) is 21.5. The second-order valence-corrected chi connectivity index (χ2v) is 14.7. The number of aromatic nitrogens is 10. The Bertz CT molecular complexity index is 2780. The number of rotatable bonds is 8. The number of fused-ring (bicyclic) bond motifs is 2. The third-order valence-corrected chi connectivity index (χ3v) is 11.0. The highest BCUT2D eigenvalue weighted by Crippen LogP contribution is 2.25. The van der Waals surface area contributed by atoms with Crippen LogP contribution in [0.3, 0.4) is 0 Å². The van der Waals surface area contributed by atoms with E-state index in [9.17, 15) is 28.8 Å². The molecule has 64 heavy (non-hydrogen) atoms. The highest BCUT2D eigenvalue weighted by Gasteiger charge is 2.32. The Morgan fingerprint density at radius 2 is 0.922 bits per heavy atom. The minimum Gasteiger partial charge on any atom is -0.357 e. The van der Waals surface area contributed by atoms with Crippen LogP contribution < -0.4 is 0 Å². The fraction of sp³-hybridized carbons (Fsp3) is 0.182. The van der Waals surface area contributed by atoms with Crippen LogP contribution in [0.5, 0.6) is 0 Å². The summed E-state index contributed by atoms with van der Waals surface area (Å²) in [5.41, 5.74) is 4.85. The molecule has 0 unspecified atom stereocenters. The quantitative estimate of drug-likeness (QED) is 0.166. The summed E-state index contributed by atoms with van der Waals surface area (Å²) in [6.45, 7) is 2.65. The van der Waals surface area contributed by atoms with Crippen molar-refractivity contribution in [1.29, 1.82) is 0 Å². The van der Waals surface area contributed by atoms with Gasteiger partial charge in [-0.1, -0.05) is 41.6 Å². The molecule has 0 radical (unpaired) electrons. The van der Waals surface area contributed by atoms with Gasteiger partial charge >= 0.3 is 0 Å². The number of hydrogen-bond donors (Lipinski definition) is 2. The van der Waals surface area contributed by atoms with Gasteiger partial charge in [0.2, 0.25) is 0 Å². The van der Waals surface area contributed by atoms with E-state index in [1.165, 1.54) is 27.0 Å². The van der Waals surface area contributed by atoms with Gasteiger partial charge in [-0.2, -0.15) is 10.2 Å². The van der Waals surface area contributed by atoms with E-state index in [-0.39, 0.29) is 22.9 Å². The first-order valence-electron chi connectivity index (χ1n) is 20.3. The van der Waals surface area contributed by atoms with Crippen LogP contribution in [0.15, 0.2) is 122 Å². The lowest BCUT2D eigenvalue weighted by Crippen LogP contribution is -2.52. The molecule has 0 spiro atoms. The number of carbonyl (C=O) groups excluding carboxylic acids is 6. The third-order valence-electron chi connectivity index (χ3n) is 11.0. The summed E-state index contributed by atoms with van der Waals surface area (Å²) >= 11 is 0. The van der Waals surface area contributed by atoms with Gasteiger partial charge in [0, 0.05) is 88.3 Å². The summed E-state index contributed by atoms with van der Waals surface area (Å²) in [4.78, 5) is 99.4. The van der Waals surface area contributed by atoms with Crippen molar-refractivity contribution in [2.45, 2.75) is 0 Å². The summed E-state index contributed by atoms with van der Waals surface area (Å²) in [7, 11) is 0. The zero-order chi connectivity index (χ0) is 44.2. The summed E-state index contributed by atoms with van der Waals surface area (Å²) in [6.07, 6.45) is 12.4. The van der Waals surface area contributed by atoms with Crippen LogP contribution in [-0.4, -0.2) is 157 Å². The molecule has 2 saturated heterocycles. The molecule has 320 valence electrons. The topological polar surface area (TPSA) is 234 Å². The number of nitrogens with one attached hydrogen (secondary N) is 2. The van der Waals surface area contributed by atoms with E-state index in [2.05, 4.69) is 40.4 Å². The number of benzene rings is 2. The molecule has 2 aliphatic heterocycles. The van der Waals surface area contributed by atoms with Crippen molar-refractivity contribution in [3.63, 3.8) is 0 Å². The molecule has 2 fully saturated rings. The number of ketones is 2. The van der Waals surface area contributed by atoms with E-state index < -0.39 is 23.4 Å².